The zero-order chi connectivity index (χ0) is 73.4. The molecule has 0 N–H and O–H groups in total. The van der Waals surface area contributed by atoms with Gasteiger partial charge in [0.1, 0.15) is 0 Å². The fourth-order valence-corrected chi connectivity index (χ4v) is 18.3. The molecule has 0 saturated carbocycles. The molecule has 0 fully saturated rings. The molecule has 1 aliphatic carbocycles. The van der Waals surface area contributed by atoms with Crippen LogP contribution in [-0.2, 0) is 5.41 Å². The van der Waals surface area contributed by atoms with E-state index in [1.165, 1.54) is 209 Å². The highest BCUT2D eigenvalue weighted by Gasteiger charge is 2.36. The molecule has 22 aromatic rings. The van der Waals surface area contributed by atoms with Crippen molar-refractivity contribution in [3.05, 3.63) is 412 Å². The first-order chi connectivity index (χ1) is 54.8. The van der Waals surface area contributed by atoms with Crippen molar-refractivity contribution in [3.63, 3.8) is 0 Å². The summed E-state index contributed by atoms with van der Waals surface area (Å²) in [4.78, 5) is 0. The lowest BCUT2D eigenvalue weighted by Gasteiger charge is -2.22. The quantitative estimate of drug-likeness (QED) is 0.137. The molecule has 0 aliphatic heterocycles. The summed E-state index contributed by atoms with van der Waals surface area (Å²) >= 11 is 0. The van der Waals surface area contributed by atoms with E-state index in [1.807, 2.05) is 0 Å². The fourth-order valence-electron chi connectivity index (χ4n) is 18.3. The van der Waals surface area contributed by atoms with E-state index in [9.17, 15) is 0 Å². The molecule has 0 saturated heterocycles. The van der Waals surface area contributed by atoms with Crippen LogP contribution in [0.3, 0.4) is 0 Å². The minimum atomic E-state index is -0.0530. The second-order valence-corrected chi connectivity index (χ2v) is 30.4. The average Bonchev–Trinajstić information content (AvgIpc) is 1.52. The Labute approximate surface area is 643 Å². The average molecular weight is 1410 g/mol. The highest BCUT2D eigenvalue weighted by atomic mass is 15.0. The molecule has 1 aliphatic rings. The lowest BCUT2D eigenvalue weighted by Crippen LogP contribution is -2.15. The maximum Gasteiger partial charge on any atom is 0.0541 e. The summed E-state index contributed by atoms with van der Waals surface area (Å²) in [5.74, 6) is 0. The summed E-state index contributed by atoms with van der Waals surface area (Å²) in [7, 11) is 0. The predicted octanol–water partition coefficient (Wildman–Crippen LogP) is 28.7. The van der Waals surface area contributed by atoms with Crippen LogP contribution in [-0.4, -0.2) is 18.3 Å². The van der Waals surface area contributed by atoms with Crippen molar-refractivity contribution in [1.82, 2.24) is 18.3 Å². The molecule has 0 bridgehead atoms. The van der Waals surface area contributed by atoms with Gasteiger partial charge in [-0.25, -0.2) is 0 Å². The van der Waals surface area contributed by atoms with Crippen LogP contribution in [0.5, 0.6) is 0 Å². The second-order valence-electron chi connectivity index (χ2n) is 30.4. The van der Waals surface area contributed by atoms with Gasteiger partial charge in [0.05, 0.1) is 44.1 Å². The SMILES string of the molecule is CC1(C)c2ccccc2-c2ccc(-n3c4ccccc4c4cc(-c5ccc(-c6ccc7c(c6)c6ccccc6n7-c6ccc7ccccc7c6)cc5)ccc43)cc21.c1ccc(-c2ccc3cc(-n4c5ccccc5c5cc(-c6ccc(-c7ccc8c(c7)c7ccccc7n8-c7ccccc7)cc6)ccc54)ccc3c2)cc1. The maximum absolute atomic E-state index is 2.45. The van der Waals surface area contributed by atoms with E-state index < -0.39 is 0 Å². The van der Waals surface area contributed by atoms with E-state index in [0.717, 1.165) is 0 Å². The Morgan fingerprint density at radius 2 is 0.450 bits per heavy atom. The van der Waals surface area contributed by atoms with Crippen LogP contribution >= 0.6 is 0 Å². The molecule has 520 valence electrons. The fraction of sp³-hybridized carbons (Fsp3) is 0.0280. The first kappa shape index (κ1) is 63.9. The van der Waals surface area contributed by atoms with Crippen LogP contribution in [0.1, 0.15) is 25.0 Å². The van der Waals surface area contributed by atoms with E-state index in [0.29, 0.717) is 0 Å². The standard InChI is InChI=1S/C55H38N2.C52H34N2/c1-55(2)49-16-8-5-13-43(49)44-28-27-42(34-50(44)55)57-52-18-10-7-15-46(52)48-33-40(25-30-54(48)57)37-21-19-36(20-22-37)39-24-29-53-47(32-39)45-14-6-9-17-51(45)56(53)41-26-23-35-11-3-4-12-38(35)31-41;1-3-11-35(12-4-1)38-23-24-40-32-44(28-25-39(40)31-38)54-50-18-10-8-16-46(50)48-34-42(27-30-52(48)54)37-21-19-36(20-22-37)41-26-29-51-47(33-41)45-15-7-9-17-49(45)53(51)43-13-5-2-6-14-43/h3-34H,1-2H3;1-34H. The molecule has 23 rings (SSSR count). The largest absolute Gasteiger partial charge is 0.309 e. The number of fused-ring (bicyclic) bond motifs is 17. The molecule has 4 heteroatoms. The molecule has 0 atom stereocenters. The van der Waals surface area contributed by atoms with Crippen LogP contribution in [0.2, 0.25) is 0 Å². The van der Waals surface area contributed by atoms with Gasteiger partial charge in [-0.1, -0.05) is 287 Å². The third-order valence-corrected chi connectivity index (χ3v) is 23.8. The smallest absolute Gasteiger partial charge is 0.0541 e. The van der Waals surface area contributed by atoms with E-state index >= 15 is 0 Å². The molecular formula is C107H72N4. The normalized spacial score (nSPS) is 12.5. The Balaban J connectivity index is 0.000000137. The van der Waals surface area contributed by atoms with Crippen molar-refractivity contribution in [1.29, 1.82) is 0 Å². The molecule has 4 aromatic heterocycles. The topological polar surface area (TPSA) is 19.7 Å². The van der Waals surface area contributed by atoms with Gasteiger partial charge in [0, 0.05) is 71.3 Å². The van der Waals surface area contributed by atoms with Gasteiger partial charge in [0.15, 0.2) is 0 Å². The van der Waals surface area contributed by atoms with Crippen LogP contribution in [0, 0.1) is 0 Å². The van der Waals surface area contributed by atoms with Crippen molar-refractivity contribution >= 4 is 109 Å². The van der Waals surface area contributed by atoms with Crippen molar-refractivity contribution in [3.8, 4) is 89.5 Å². The number of rotatable bonds is 9. The Hall–Kier alpha value is -14.3. The Bertz CT molecular complexity index is 7510. The van der Waals surface area contributed by atoms with Crippen LogP contribution in [0.15, 0.2) is 400 Å². The Morgan fingerprint density at radius 1 is 0.162 bits per heavy atom. The molecule has 0 radical (unpaired) electrons. The van der Waals surface area contributed by atoms with Crippen molar-refractivity contribution in [2.24, 2.45) is 0 Å². The van der Waals surface area contributed by atoms with Gasteiger partial charge in [-0.3, -0.25) is 0 Å². The Morgan fingerprint density at radius 3 is 0.919 bits per heavy atom. The van der Waals surface area contributed by atoms with Gasteiger partial charge in [0.2, 0.25) is 0 Å². The zero-order valence-corrected chi connectivity index (χ0v) is 61.4. The van der Waals surface area contributed by atoms with E-state index in [1.54, 1.807) is 0 Å². The van der Waals surface area contributed by atoms with Crippen LogP contribution in [0.25, 0.3) is 198 Å². The van der Waals surface area contributed by atoms with Crippen molar-refractivity contribution in [2.45, 2.75) is 19.3 Å². The maximum atomic E-state index is 2.45. The van der Waals surface area contributed by atoms with E-state index in [4.69, 9.17) is 0 Å². The van der Waals surface area contributed by atoms with E-state index in [-0.39, 0.29) is 5.41 Å². The van der Waals surface area contributed by atoms with Crippen LogP contribution in [0.4, 0.5) is 0 Å². The molecule has 0 unspecified atom stereocenters. The summed E-state index contributed by atoms with van der Waals surface area (Å²) in [5, 5.41) is 15.1. The van der Waals surface area contributed by atoms with Gasteiger partial charge in [-0.05, 0) is 227 Å². The van der Waals surface area contributed by atoms with Gasteiger partial charge in [-0.15, -0.1) is 0 Å². The highest BCUT2D eigenvalue weighted by molar-refractivity contribution is 6.15. The summed E-state index contributed by atoms with van der Waals surface area (Å²) in [6.07, 6.45) is 0. The molecule has 0 spiro atoms. The molecule has 0 amide bonds. The van der Waals surface area contributed by atoms with Crippen molar-refractivity contribution < 1.29 is 0 Å². The lowest BCUT2D eigenvalue weighted by atomic mass is 9.82. The highest BCUT2D eigenvalue weighted by Crippen LogP contribution is 2.50. The minimum Gasteiger partial charge on any atom is -0.309 e. The molecule has 111 heavy (non-hydrogen) atoms. The van der Waals surface area contributed by atoms with Gasteiger partial charge in [0.25, 0.3) is 0 Å². The number of aromatic nitrogens is 4. The number of hydrogen-bond donors (Lipinski definition) is 0. The summed E-state index contributed by atoms with van der Waals surface area (Å²) in [6.45, 7) is 4.71. The number of para-hydroxylation sites is 5. The summed E-state index contributed by atoms with van der Waals surface area (Å²) < 4.78 is 9.63. The molecule has 4 heterocycles. The van der Waals surface area contributed by atoms with Gasteiger partial charge >= 0.3 is 0 Å². The zero-order valence-electron chi connectivity index (χ0n) is 61.4. The first-order valence-corrected chi connectivity index (χ1v) is 38.5. The molecule has 18 aromatic carbocycles. The third kappa shape index (κ3) is 10.4. The summed E-state index contributed by atoms with van der Waals surface area (Å²) in [6, 6.07) is 147. The van der Waals surface area contributed by atoms with Crippen LogP contribution < -0.4 is 0 Å². The van der Waals surface area contributed by atoms with Gasteiger partial charge in [-0.2, -0.15) is 0 Å². The van der Waals surface area contributed by atoms with E-state index in [2.05, 4.69) is 432 Å². The molecular weight excluding hydrogens is 1340 g/mol. The summed E-state index contributed by atoms with van der Waals surface area (Å²) in [5.41, 5.74) is 32.1. The van der Waals surface area contributed by atoms with Crippen molar-refractivity contribution in [2.75, 3.05) is 0 Å². The predicted molar refractivity (Wildman–Crippen MR) is 470 cm³/mol. The monoisotopic (exact) mass is 1410 g/mol. The Kier molecular flexibility index (Phi) is 14.6. The third-order valence-electron chi connectivity index (χ3n) is 23.8. The second kappa shape index (κ2) is 25.4. The first-order valence-electron chi connectivity index (χ1n) is 38.5. The molecule has 4 nitrogen and oxygen atoms in total. The lowest BCUT2D eigenvalue weighted by molar-refractivity contribution is 0.660. The van der Waals surface area contributed by atoms with Gasteiger partial charge < -0.3 is 18.3 Å². The minimum absolute atomic E-state index is 0.0530. The number of hydrogen-bond acceptors (Lipinski definition) is 0. The number of benzene rings is 18. The number of nitrogens with zero attached hydrogens (tertiary/aromatic N) is 4.